The Balaban J connectivity index is 1.11. The molecule has 1 aliphatic carbocycles. The summed E-state index contributed by atoms with van der Waals surface area (Å²) in [6.45, 7) is 6.30. The Kier molecular flexibility index (Phi) is 8.69. The van der Waals surface area contributed by atoms with E-state index in [1.54, 1.807) is 48.7 Å². The van der Waals surface area contributed by atoms with Crippen molar-refractivity contribution in [3.05, 3.63) is 211 Å². The summed E-state index contributed by atoms with van der Waals surface area (Å²) >= 11 is 0. The first-order valence-electron chi connectivity index (χ1n) is 26.2. The number of hydrogen-bond acceptors (Lipinski definition) is 2. The molecule has 1 aliphatic heterocycles. The number of pyridine rings is 1. The molecule has 2 aliphatic rings. The second-order valence-corrected chi connectivity index (χ2v) is 19.7. The molecular formula is C62H40F8N4O. The summed E-state index contributed by atoms with van der Waals surface area (Å²) in [4.78, 5) is 4.76. The van der Waals surface area contributed by atoms with Gasteiger partial charge in [0.05, 0.1) is 40.3 Å². The van der Waals surface area contributed by atoms with Gasteiger partial charge in [-0.2, -0.15) is 35.1 Å². The molecule has 5 nitrogen and oxygen atoms in total. The first-order chi connectivity index (χ1) is 38.0. The average Bonchev–Trinajstić information content (AvgIpc) is 3.52. The molecule has 0 bridgehead atoms. The number of hydrogen-bond donors (Lipinski definition) is 0. The van der Waals surface area contributed by atoms with Crippen LogP contribution in [-0.2, 0) is 17.3 Å². The molecule has 13 rings (SSSR count). The number of aromatic nitrogens is 4. The van der Waals surface area contributed by atoms with Crippen LogP contribution in [0.25, 0.3) is 94.5 Å². The van der Waals surface area contributed by atoms with Crippen LogP contribution in [0, 0.1) is 6.33 Å². The summed E-state index contributed by atoms with van der Waals surface area (Å²) in [5, 5.41) is 1.82. The molecule has 0 fully saturated rings. The van der Waals surface area contributed by atoms with E-state index in [9.17, 15) is 0 Å². The number of nitrogens with zero attached hydrogens (tertiary/aromatic N) is 4. The predicted octanol–water partition coefficient (Wildman–Crippen LogP) is 16.7. The van der Waals surface area contributed by atoms with Crippen LogP contribution in [0.5, 0.6) is 11.5 Å². The van der Waals surface area contributed by atoms with Gasteiger partial charge in [-0.3, -0.25) is 13.7 Å². The Morgan fingerprint density at radius 2 is 1.19 bits per heavy atom. The normalized spacial score (nSPS) is 16.8. The van der Waals surface area contributed by atoms with Gasteiger partial charge in [0, 0.05) is 39.7 Å². The lowest BCUT2D eigenvalue weighted by Gasteiger charge is -2.44. The minimum absolute atomic E-state index is 0.0334. The Morgan fingerprint density at radius 1 is 0.573 bits per heavy atom. The summed E-state index contributed by atoms with van der Waals surface area (Å²) in [7, 11) is 0. The minimum Gasteiger partial charge on any atom is -0.458 e. The van der Waals surface area contributed by atoms with E-state index in [-0.39, 0.29) is 55.9 Å². The van der Waals surface area contributed by atoms with Crippen LogP contribution in [0.3, 0.4) is 0 Å². The highest BCUT2D eigenvalue weighted by Crippen LogP contribution is 2.67. The highest BCUT2D eigenvalue weighted by molar-refractivity contribution is 6.09. The summed E-state index contributed by atoms with van der Waals surface area (Å²) in [6, 6.07) is 36.7. The molecule has 0 spiro atoms. The lowest BCUT2D eigenvalue weighted by Crippen LogP contribution is -2.64. The van der Waals surface area contributed by atoms with Gasteiger partial charge < -0.3 is 4.74 Å². The van der Waals surface area contributed by atoms with Crippen molar-refractivity contribution in [1.82, 2.24) is 14.1 Å². The van der Waals surface area contributed by atoms with Crippen LogP contribution in [0.2, 0.25) is 0 Å². The zero-order valence-electron chi connectivity index (χ0n) is 44.7. The zero-order valence-corrected chi connectivity index (χ0v) is 39.7. The van der Waals surface area contributed by atoms with Crippen molar-refractivity contribution < 1.29 is 51.3 Å². The van der Waals surface area contributed by atoms with Crippen LogP contribution < -0.4 is 9.30 Å². The Bertz CT molecular complexity index is 4460. The van der Waals surface area contributed by atoms with Crippen LogP contribution >= 0.6 is 0 Å². The second-order valence-electron chi connectivity index (χ2n) is 19.7. The number of halogens is 8. The largest absolute Gasteiger partial charge is 0.458 e. The SMILES string of the molecule is [2H]c1c([2H])c([2H])c(-c2cccc3c2-[n+]2[c-]n(-c4cccc(Oc5ccc6c7ccccc7n(-c7cc(C(C)(C)C)ccn7)c6c5)c4)c4cc5c(c(c42)-c2ccccc2-c2ccccc2-3)C(F)(F)C(F)(F)C(F)(F)C5(F)F)c([2H])c1[2H]. The van der Waals surface area contributed by atoms with E-state index in [1.807, 2.05) is 53.1 Å². The van der Waals surface area contributed by atoms with E-state index in [1.165, 1.54) is 54.6 Å². The van der Waals surface area contributed by atoms with Crippen LogP contribution in [0.1, 0.15) is 44.3 Å². The van der Waals surface area contributed by atoms with Gasteiger partial charge in [-0.15, -0.1) is 0 Å². The number of rotatable bonds is 5. The third kappa shape index (κ3) is 6.55. The van der Waals surface area contributed by atoms with E-state index in [2.05, 4.69) is 27.1 Å². The average molecular weight is 1010 g/mol. The second kappa shape index (κ2) is 16.0. The van der Waals surface area contributed by atoms with Crippen molar-refractivity contribution in [2.24, 2.45) is 0 Å². The van der Waals surface area contributed by atoms with E-state index in [0.29, 0.717) is 23.2 Å². The predicted molar refractivity (Wildman–Crippen MR) is 274 cm³/mol. The molecule has 370 valence electrons. The van der Waals surface area contributed by atoms with Crippen molar-refractivity contribution in [3.63, 3.8) is 0 Å². The van der Waals surface area contributed by atoms with Gasteiger partial charge >= 0.3 is 23.7 Å². The molecule has 13 heteroatoms. The van der Waals surface area contributed by atoms with Crippen LogP contribution in [-0.4, -0.2) is 26.0 Å². The zero-order chi connectivity index (χ0) is 56.3. The lowest BCUT2D eigenvalue weighted by molar-refractivity contribution is -0.570. The minimum atomic E-state index is -6.66. The first kappa shape index (κ1) is 40.8. The fourth-order valence-corrected chi connectivity index (χ4v) is 10.7. The van der Waals surface area contributed by atoms with E-state index in [4.69, 9.17) is 16.6 Å². The third-order valence-electron chi connectivity index (χ3n) is 14.3. The van der Waals surface area contributed by atoms with Crippen molar-refractivity contribution in [1.29, 1.82) is 0 Å². The number of alkyl halides is 8. The lowest BCUT2D eigenvalue weighted by atomic mass is 9.75. The maximum Gasteiger partial charge on any atom is 0.382 e. The Labute approximate surface area is 431 Å². The van der Waals surface area contributed by atoms with E-state index < -0.39 is 81.6 Å². The van der Waals surface area contributed by atoms with Crippen LogP contribution in [0.4, 0.5) is 35.1 Å². The fourth-order valence-electron chi connectivity index (χ4n) is 10.7. The van der Waals surface area contributed by atoms with Gasteiger partial charge in [-0.1, -0.05) is 142 Å². The number of imidazole rings is 1. The molecule has 4 heterocycles. The maximum absolute atomic E-state index is 17.2. The van der Waals surface area contributed by atoms with Gasteiger partial charge in [0.25, 0.3) is 6.33 Å². The Morgan fingerprint density at radius 3 is 1.93 bits per heavy atom. The monoisotopic (exact) mass is 1010 g/mol. The molecule has 3 aromatic heterocycles. The van der Waals surface area contributed by atoms with Crippen molar-refractivity contribution in [2.75, 3.05) is 0 Å². The maximum atomic E-state index is 17.2. The molecule has 0 unspecified atom stereocenters. The van der Waals surface area contributed by atoms with Crippen molar-refractivity contribution in [2.45, 2.75) is 49.9 Å². The third-order valence-corrected chi connectivity index (χ3v) is 14.3. The number of benzene rings is 8. The Hall–Kier alpha value is -8.58. The molecule has 0 radical (unpaired) electrons. The summed E-state index contributed by atoms with van der Waals surface area (Å²) in [5.41, 5.74) is -3.65. The first-order valence-corrected chi connectivity index (χ1v) is 23.7. The quantitative estimate of drug-likeness (QED) is 0.0978. The van der Waals surface area contributed by atoms with Crippen LogP contribution in [0.15, 0.2) is 188 Å². The molecule has 8 aromatic carbocycles. The molecular weight excluding hydrogens is 969 g/mol. The number of fused-ring (bicyclic) bond motifs is 12. The summed E-state index contributed by atoms with van der Waals surface area (Å²) in [5.74, 6) is -24.0. The summed E-state index contributed by atoms with van der Waals surface area (Å²) < 4.78 is 187. The highest BCUT2D eigenvalue weighted by Gasteiger charge is 2.85. The number of ether oxygens (including phenoxy) is 1. The topological polar surface area (TPSA) is 35.9 Å². The van der Waals surface area contributed by atoms with Gasteiger partial charge in [-0.05, 0) is 105 Å². The standard InChI is InChI=1S/C62H40F8N4O/c1-58(2,3)37-29-30-71-53(31-37)74-50-26-12-11-22-45(50)46-28-27-40(33-51(46)74)75-39-18-13-17-38(32-39)72-35-73-56-41(36-15-5-4-6-16-36)24-14-25-48(56)44-21-8-7-19-42(44)43-20-9-10-23-47(43)54-55-49(34-52(72)57(54)73)59(63,64)61(67,68)62(69,70)60(55,65)66/h4-34H,1-3H3/i4D,5D,6D,15D,16D. The molecule has 0 saturated carbocycles. The number of para-hydroxylation sites is 2. The fraction of sp³-hybridized carbons (Fsp3) is 0.129. The molecule has 0 atom stereocenters. The summed E-state index contributed by atoms with van der Waals surface area (Å²) in [6.07, 6.45) is 4.84. The van der Waals surface area contributed by atoms with Crippen molar-refractivity contribution in [3.8, 4) is 73.2 Å². The molecule has 75 heavy (non-hydrogen) atoms. The van der Waals surface area contributed by atoms with Gasteiger partial charge in [0.2, 0.25) is 0 Å². The smallest absolute Gasteiger partial charge is 0.382 e. The van der Waals surface area contributed by atoms with Gasteiger partial charge in [0.1, 0.15) is 17.3 Å². The molecule has 0 saturated heterocycles. The van der Waals surface area contributed by atoms with Gasteiger partial charge in [-0.25, -0.2) is 4.98 Å². The highest BCUT2D eigenvalue weighted by atomic mass is 19.4. The molecule has 11 aromatic rings. The van der Waals surface area contributed by atoms with Crippen molar-refractivity contribution >= 4 is 32.8 Å². The molecule has 0 N–H and O–H groups in total. The molecule has 0 amide bonds. The van der Waals surface area contributed by atoms with E-state index in [0.717, 1.165) is 36.5 Å². The van der Waals surface area contributed by atoms with Gasteiger partial charge in [0.15, 0.2) is 0 Å². The van der Waals surface area contributed by atoms with E-state index >= 15 is 35.1 Å².